The highest BCUT2D eigenvalue weighted by Crippen LogP contribution is 2.08. The third-order valence-corrected chi connectivity index (χ3v) is 5.00. The molecule has 0 saturated carbocycles. The van der Waals surface area contributed by atoms with Gasteiger partial charge in [-0.3, -0.25) is 4.79 Å². The Hall–Kier alpha value is -0.660. The van der Waals surface area contributed by atoms with E-state index >= 15 is 0 Å². The first-order valence-corrected chi connectivity index (χ1v) is 7.98. The van der Waals surface area contributed by atoms with Crippen LogP contribution in [0.2, 0.25) is 0 Å². The molecule has 0 radical (unpaired) electrons. The molecule has 1 saturated heterocycles. The molecule has 1 atom stereocenters. The van der Waals surface area contributed by atoms with Gasteiger partial charge < -0.3 is 10.6 Å². The molecule has 18 heavy (non-hydrogen) atoms. The summed E-state index contributed by atoms with van der Waals surface area (Å²) in [4.78, 5) is 11.6. The van der Waals surface area contributed by atoms with Gasteiger partial charge in [0, 0.05) is 13.6 Å². The standard InChI is InChI=1S/C11H23N3O3S/c1-3-18(16,17)14(2)9-11(15)13-8-10-5-4-6-12-7-10/h10,12H,3-9H2,1-2H3,(H,13,15). The van der Waals surface area contributed by atoms with Crippen LogP contribution in [0.1, 0.15) is 19.8 Å². The van der Waals surface area contributed by atoms with E-state index in [4.69, 9.17) is 0 Å². The van der Waals surface area contributed by atoms with Gasteiger partial charge in [-0.05, 0) is 38.8 Å². The second kappa shape index (κ2) is 7.06. The Morgan fingerprint density at radius 1 is 1.50 bits per heavy atom. The van der Waals surface area contributed by atoms with Gasteiger partial charge in [-0.2, -0.15) is 4.31 Å². The average Bonchev–Trinajstić information content (AvgIpc) is 2.37. The molecule has 1 aliphatic rings. The summed E-state index contributed by atoms with van der Waals surface area (Å²) in [6, 6.07) is 0. The average molecular weight is 277 g/mol. The van der Waals surface area contributed by atoms with Crippen molar-refractivity contribution in [3.8, 4) is 0 Å². The molecule has 1 amide bonds. The van der Waals surface area contributed by atoms with Crippen molar-refractivity contribution in [1.29, 1.82) is 0 Å². The summed E-state index contributed by atoms with van der Waals surface area (Å²) in [6.45, 7) is 4.05. The summed E-state index contributed by atoms with van der Waals surface area (Å²) in [5, 5.41) is 6.07. The number of nitrogens with zero attached hydrogens (tertiary/aromatic N) is 1. The van der Waals surface area contributed by atoms with Crippen molar-refractivity contribution >= 4 is 15.9 Å². The molecule has 0 aromatic carbocycles. The molecule has 1 heterocycles. The molecule has 1 rings (SSSR count). The lowest BCUT2D eigenvalue weighted by atomic mass is 10.00. The van der Waals surface area contributed by atoms with Crippen LogP contribution in [0.3, 0.4) is 0 Å². The van der Waals surface area contributed by atoms with Crippen molar-refractivity contribution in [2.45, 2.75) is 19.8 Å². The van der Waals surface area contributed by atoms with Crippen molar-refractivity contribution in [3.63, 3.8) is 0 Å². The quantitative estimate of drug-likeness (QED) is 0.678. The first-order valence-electron chi connectivity index (χ1n) is 6.37. The van der Waals surface area contributed by atoms with E-state index in [1.165, 1.54) is 7.05 Å². The number of piperidine rings is 1. The maximum absolute atomic E-state index is 11.6. The van der Waals surface area contributed by atoms with E-state index in [9.17, 15) is 13.2 Å². The van der Waals surface area contributed by atoms with E-state index in [0.717, 1.165) is 30.2 Å². The molecule has 6 nitrogen and oxygen atoms in total. The Morgan fingerprint density at radius 2 is 2.22 bits per heavy atom. The minimum absolute atomic E-state index is 0.0172. The Bertz CT molecular complexity index is 364. The number of hydrogen-bond donors (Lipinski definition) is 2. The molecular weight excluding hydrogens is 254 g/mol. The first kappa shape index (κ1) is 15.4. The molecule has 1 aliphatic heterocycles. The van der Waals surface area contributed by atoms with Crippen LogP contribution in [0.4, 0.5) is 0 Å². The largest absolute Gasteiger partial charge is 0.355 e. The fraction of sp³-hybridized carbons (Fsp3) is 0.909. The lowest BCUT2D eigenvalue weighted by molar-refractivity contribution is -0.121. The maximum Gasteiger partial charge on any atom is 0.235 e. The molecule has 7 heteroatoms. The van der Waals surface area contributed by atoms with E-state index in [-0.39, 0.29) is 18.2 Å². The molecule has 0 aromatic heterocycles. The van der Waals surface area contributed by atoms with Crippen LogP contribution in [-0.2, 0) is 14.8 Å². The zero-order valence-electron chi connectivity index (χ0n) is 11.1. The third-order valence-electron chi connectivity index (χ3n) is 3.19. The fourth-order valence-corrected chi connectivity index (χ4v) is 2.69. The number of carbonyl (C=O) groups is 1. The van der Waals surface area contributed by atoms with Gasteiger partial charge in [0.15, 0.2) is 0 Å². The first-order chi connectivity index (χ1) is 8.45. The summed E-state index contributed by atoms with van der Waals surface area (Å²) in [6.07, 6.45) is 2.24. The van der Waals surface area contributed by atoms with Crippen LogP contribution in [-0.4, -0.2) is 57.6 Å². The van der Waals surface area contributed by atoms with Crippen molar-refractivity contribution in [1.82, 2.24) is 14.9 Å². The number of nitrogens with one attached hydrogen (secondary N) is 2. The predicted octanol–water partition coefficient (Wildman–Crippen LogP) is -0.616. The maximum atomic E-state index is 11.6. The van der Waals surface area contributed by atoms with E-state index in [2.05, 4.69) is 10.6 Å². The van der Waals surface area contributed by atoms with E-state index < -0.39 is 10.0 Å². The topological polar surface area (TPSA) is 78.5 Å². The zero-order valence-corrected chi connectivity index (χ0v) is 11.9. The monoisotopic (exact) mass is 277 g/mol. The van der Waals surface area contributed by atoms with Crippen molar-refractivity contribution in [3.05, 3.63) is 0 Å². The highest BCUT2D eigenvalue weighted by molar-refractivity contribution is 7.89. The zero-order chi connectivity index (χ0) is 13.6. The Balaban J connectivity index is 2.28. The molecule has 0 spiro atoms. The predicted molar refractivity (Wildman–Crippen MR) is 70.7 cm³/mol. The second-order valence-electron chi connectivity index (χ2n) is 4.67. The Labute approximate surface area is 109 Å². The molecule has 0 bridgehead atoms. The number of amides is 1. The van der Waals surface area contributed by atoms with Gasteiger partial charge in [-0.1, -0.05) is 0 Å². The van der Waals surface area contributed by atoms with E-state index in [1.54, 1.807) is 6.92 Å². The van der Waals surface area contributed by atoms with Crippen LogP contribution in [0.25, 0.3) is 0 Å². The number of carbonyl (C=O) groups excluding carboxylic acids is 1. The minimum atomic E-state index is -3.28. The summed E-state index contributed by atoms with van der Waals surface area (Å²) < 4.78 is 24.1. The highest BCUT2D eigenvalue weighted by Gasteiger charge is 2.19. The van der Waals surface area contributed by atoms with Gasteiger partial charge in [-0.25, -0.2) is 8.42 Å². The number of sulfonamides is 1. The molecule has 2 N–H and O–H groups in total. The summed E-state index contributed by atoms with van der Waals surface area (Å²) in [5.41, 5.74) is 0. The Kier molecular flexibility index (Phi) is 6.04. The van der Waals surface area contributed by atoms with Gasteiger partial charge in [0.25, 0.3) is 0 Å². The minimum Gasteiger partial charge on any atom is -0.355 e. The van der Waals surface area contributed by atoms with Crippen LogP contribution in [0.15, 0.2) is 0 Å². The summed E-state index contributed by atoms with van der Waals surface area (Å²) in [7, 11) is -1.85. The highest BCUT2D eigenvalue weighted by atomic mass is 32.2. The van der Waals surface area contributed by atoms with E-state index in [0.29, 0.717) is 12.5 Å². The normalized spacial score (nSPS) is 20.9. The van der Waals surface area contributed by atoms with Gasteiger partial charge in [-0.15, -0.1) is 0 Å². The summed E-state index contributed by atoms with van der Waals surface area (Å²) >= 11 is 0. The molecule has 106 valence electrons. The summed E-state index contributed by atoms with van der Waals surface area (Å²) in [5.74, 6) is 0.236. The van der Waals surface area contributed by atoms with Gasteiger partial charge in [0.1, 0.15) is 0 Å². The van der Waals surface area contributed by atoms with Crippen LogP contribution in [0.5, 0.6) is 0 Å². The number of rotatable bonds is 6. The van der Waals surface area contributed by atoms with Crippen molar-refractivity contribution in [2.24, 2.45) is 5.92 Å². The number of hydrogen-bond acceptors (Lipinski definition) is 4. The lowest BCUT2D eigenvalue weighted by Gasteiger charge is -2.23. The molecule has 0 aromatic rings. The molecule has 0 aliphatic carbocycles. The smallest absolute Gasteiger partial charge is 0.235 e. The fourth-order valence-electron chi connectivity index (χ4n) is 1.93. The van der Waals surface area contributed by atoms with Crippen molar-refractivity contribution < 1.29 is 13.2 Å². The number of likely N-dealkylation sites (N-methyl/N-ethyl adjacent to an activating group) is 1. The SMILES string of the molecule is CCS(=O)(=O)N(C)CC(=O)NCC1CCCNC1. The van der Waals surface area contributed by atoms with Crippen LogP contribution in [0, 0.1) is 5.92 Å². The van der Waals surface area contributed by atoms with Crippen LogP contribution < -0.4 is 10.6 Å². The van der Waals surface area contributed by atoms with Crippen LogP contribution >= 0.6 is 0 Å². The third kappa shape index (κ3) is 4.91. The lowest BCUT2D eigenvalue weighted by Crippen LogP contribution is -2.42. The second-order valence-corrected chi connectivity index (χ2v) is 7.04. The van der Waals surface area contributed by atoms with Gasteiger partial charge >= 0.3 is 0 Å². The van der Waals surface area contributed by atoms with Gasteiger partial charge in [0.05, 0.1) is 12.3 Å². The van der Waals surface area contributed by atoms with Gasteiger partial charge in [0.2, 0.25) is 15.9 Å². The molecule has 1 fully saturated rings. The molecular formula is C11H23N3O3S. The van der Waals surface area contributed by atoms with Crippen molar-refractivity contribution in [2.75, 3.05) is 39.0 Å². The molecule has 1 unspecified atom stereocenters. The van der Waals surface area contributed by atoms with E-state index in [1.807, 2.05) is 0 Å². The Morgan fingerprint density at radius 3 is 2.78 bits per heavy atom.